The molecule has 0 bridgehead atoms. The number of hydrogen-bond acceptors (Lipinski definition) is 6. The number of halogens is 2. The zero-order chi connectivity index (χ0) is 21.7. The molecule has 7 nitrogen and oxygen atoms in total. The first-order chi connectivity index (χ1) is 14.4. The summed E-state index contributed by atoms with van der Waals surface area (Å²) in [6.45, 7) is 4.37. The Morgan fingerprint density at radius 1 is 1.17 bits per heavy atom. The van der Waals surface area contributed by atoms with E-state index in [9.17, 15) is 10.1 Å². The molecule has 0 spiro atoms. The summed E-state index contributed by atoms with van der Waals surface area (Å²) >= 11 is 12.5. The van der Waals surface area contributed by atoms with E-state index in [0.717, 1.165) is 24.1 Å². The quantitative estimate of drug-likeness (QED) is 0.336. The van der Waals surface area contributed by atoms with Crippen molar-refractivity contribution < 1.29 is 9.66 Å². The van der Waals surface area contributed by atoms with Gasteiger partial charge < -0.3 is 10.1 Å². The minimum atomic E-state index is -0.483. The van der Waals surface area contributed by atoms with Crippen LogP contribution in [0.5, 0.6) is 11.5 Å². The van der Waals surface area contributed by atoms with Crippen LogP contribution in [0, 0.1) is 17.0 Å². The fourth-order valence-electron chi connectivity index (χ4n) is 2.89. The minimum Gasteiger partial charge on any atom is -0.456 e. The SMILES string of the molecule is CCc1ncnc(NCCc2ccc(Oc3c(C)cc([N+](=O)[O-])cc3Cl)cc2)c1Cl. The van der Waals surface area contributed by atoms with Gasteiger partial charge in [-0.2, -0.15) is 0 Å². The molecule has 9 heteroatoms. The van der Waals surface area contributed by atoms with Crippen LogP contribution in [-0.4, -0.2) is 21.4 Å². The van der Waals surface area contributed by atoms with Crippen molar-refractivity contribution in [3.63, 3.8) is 0 Å². The Kier molecular flexibility index (Phi) is 7.07. The van der Waals surface area contributed by atoms with E-state index in [-0.39, 0.29) is 10.7 Å². The lowest BCUT2D eigenvalue weighted by Gasteiger charge is -2.12. The van der Waals surface area contributed by atoms with Gasteiger partial charge >= 0.3 is 0 Å². The van der Waals surface area contributed by atoms with Gasteiger partial charge in [0.1, 0.15) is 28.7 Å². The van der Waals surface area contributed by atoms with E-state index in [1.807, 2.05) is 31.2 Å². The second-order valence-corrected chi connectivity index (χ2v) is 7.38. The fourth-order valence-corrected chi connectivity index (χ4v) is 3.49. The number of ether oxygens (including phenoxy) is 1. The van der Waals surface area contributed by atoms with Crippen LogP contribution in [0.25, 0.3) is 0 Å². The van der Waals surface area contributed by atoms with Crippen LogP contribution in [-0.2, 0) is 12.8 Å². The molecule has 0 radical (unpaired) electrons. The van der Waals surface area contributed by atoms with E-state index in [1.165, 1.54) is 18.5 Å². The van der Waals surface area contributed by atoms with Crippen molar-refractivity contribution in [3.05, 3.63) is 79.7 Å². The number of nitro groups is 1. The second kappa shape index (κ2) is 9.73. The Hall–Kier alpha value is -2.90. The largest absolute Gasteiger partial charge is 0.456 e. The highest BCUT2D eigenvalue weighted by molar-refractivity contribution is 6.33. The number of non-ortho nitro benzene ring substituents is 1. The lowest BCUT2D eigenvalue weighted by molar-refractivity contribution is -0.384. The Morgan fingerprint density at radius 2 is 1.90 bits per heavy atom. The van der Waals surface area contributed by atoms with Crippen molar-refractivity contribution in [1.82, 2.24) is 9.97 Å². The maximum atomic E-state index is 10.9. The molecule has 1 heterocycles. The molecule has 0 aliphatic heterocycles. The van der Waals surface area contributed by atoms with Crippen LogP contribution in [0.4, 0.5) is 11.5 Å². The van der Waals surface area contributed by atoms with Gasteiger partial charge in [-0.15, -0.1) is 0 Å². The number of hydrogen-bond donors (Lipinski definition) is 1. The molecular weight excluding hydrogens is 427 g/mol. The van der Waals surface area contributed by atoms with E-state index in [2.05, 4.69) is 15.3 Å². The molecule has 0 aliphatic rings. The standard InChI is InChI=1S/C21H20Cl2N4O3/c1-3-18-19(23)21(26-12-25-18)24-9-8-14-4-6-16(7-5-14)30-20-13(2)10-15(27(28)29)11-17(20)22/h4-7,10-12H,3,8-9H2,1-2H3,(H,24,25,26). The Morgan fingerprint density at radius 3 is 2.53 bits per heavy atom. The first-order valence-corrected chi connectivity index (χ1v) is 10.1. The molecule has 156 valence electrons. The fraction of sp³-hybridized carbons (Fsp3) is 0.238. The third kappa shape index (κ3) is 5.17. The van der Waals surface area contributed by atoms with Gasteiger partial charge in [0.15, 0.2) is 0 Å². The van der Waals surface area contributed by atoms with Crippen molar-refractivity contribution in [2.24, 2.45) is 0 Å². The Labute approximate surface area is 184 Å². The minimum absolute atomic E-state index is 0.0671. The van der Waals surface area contributed by atoms with Gasteiger partial charge in [-0.05, 0) is 37.5 Å². The van der Waals surface area contributed by atoms with E-state index in [0.29, 0.717) is 34.4 Å². The molecule has 0 atom stereocenters. The van der Waals surface area contributed by atoms with Crippen LogP contribution in [0.2, 0.25) is 10.0 Å². The van der Waals surface area contributed by atoms with Crippen LogP contribution >= 0.6 is 23.2 Å². The maximum Gasteiger partial charge on any atom is 0.271 e. The highest BCUT2D eigenvalue weighted by Gasteiger charge is 2.15. The first kappa shape index (κ1) is 21.8. The van der Waals surface area contributed by atoms with Crippen molar-refractivity contribution in [2.45, 2.75) is 26.7 Å². The third-order valence-electron chi connectivity index (χ3n) is 4.47. The van der Waals surface area contributed by atoms with E-state index >= 15 is 0 Å². The Bertz CT molecular complexity index is 1040. The highest BCUT2D eigenvalue weighted by atomic mass is 35.5. The summed E-state index contributed by atoms with van der Waals surface area (Å²) in [6, 6.07) is 10.3. The topological polar surface area (TPSA) is 90.2 Å². The molecule has 1 N–H and O–H groups in total. The molecule has 0 fully saturated rings. The smallest absolute Gasteiger partial charge is 0.271 e. The highest BCUT2D eigenvalue weighted by Crippen LogP contribution is 2.36. The normalized spacial score (nSPS) is 10.7. The average Bonchev–Trinajstić information content (AvgIpc) is 2.72. The number of benzene rings is 2. The van der Waals surface area contributed by atoms with E-state index in [1.54, 1.807) is 6.92 Å². The van der Waals surface area contributed by atoms with Gasteiger partial charge in [-0.25, -0.2) is 9.97 Å². The summed E-state index contributed by atoms with van der Waals surface area (Å²) in [5.74, 6) is 1.63. The molecule has 0 unspecified atom stereocenters. The summed E-state index contributed by atoms with van der Waals surface area (Å²) in [4.78, 5) is 18.8. The van der Waals surface area contributed by atoms with E-state index < -0.39 is 4.92 Å². The number of nitrogens with one attached hydrogen (secondary N) is 1. The van der Waals surface area contributed by atoms with Gasteiger partial charge in [0.2, 0.25) is 0 Å². The number of nitrogens with zero attached hydrogens (tertiary/aromatic N) is 3. The van der Waals surface area contributed by atoms with Crippen LogP contribution in [0.3, 0.4) is 0 Å². The molecule has 0 saturated heterocycles. The molecule has 30 heavy (non-hydrogen) atoms. The summed E-state index contributed by atoms with van der Waals surface area (Å²) in [6.07, 6.45) is 3.01. The molecule has 3 rings (SSSR count). The van der Waals surface area contributed by atoms with Crippen molar-refractivity contribution >= 4 is 34.7 Å². The van der Waals surface area contributed by atoms with Crippen LogP contribution in [0.15, 0.2) is 42.7 Å². The molecule has 0 saturated carbocycles. The van der Waals surface area contributed by atoms with Crippen molar-refractivity contribution in [2.75, 3.05) is 11.9 Å². The van der Waals surface area contributed by atoms with E-state index in [4.69, 9.17) is 27.9 Å². The van der Waals surface area contributed by atoms with Gasteiger partial charge in [0, 0.05) is 24.2 Å². The predicted octanol–water partition coefficient (Wildman–Crippen LogP) is 6.01. The first-order valence-electron chi connectivity index (χ1n) is 9.33. The summed E-state index contributed by atoms with van der Waals surface area (Å²) in [7, 11) is 0. The second-order valence-electron chi connectivity index (χ2n) is 6.59. The zero-order valence-electron chi connectivity index (χ0n) is 16.5. The third-order valence-corrected chi connectivity index (χ3v) is 5.15. The van der Waals surface area contributed by atoms with Crippen molar-refractivity contribution in [1.29, 1.82) is 0 Å². The van der Waals surface area contributed by atoms with Gasteiger partial charge in [-0.1, -0.05) is 42.3 Å². The van der Waals surface area contributed by atoms with Gasteiger partial charge in [0.05, 0.1) is 15.6 Å². The number of nitro benzene ring substituents is 1. The lowest BCUT2D eigenvalue weighted by atomic mass is 10.1. The maximum absolute atomic E-state index is 10.9. The van der Waals surface area contributed by atoms with Crippen molar-refractivity contribution in [3.8, 4) is 11.5 Å². The molecule has 3 aromatic rings. The van der Waals surface area contributed by atoms with Gasteiger partial charge in [0.25, 0.3) is 5.69 Å². The average molecular weight is 447 g/mol. The zero-order valence-corrected chi connectivity index (χ0v) is 18.0. The number of anilines is 1. The summed E-state index contributed by atoms with van der Waals surface area (Å²) in [5, 5.41) is 14.9. The monoisotopic (exact) mass is 446 g/mol. The summed E-state index contributed by atoms with van der Waals surface area (Å²) in [5.41, 5.74) is 2.44. The molecule has 2 aromatic carbocycles. The predicted molar refractivity (Wildman–Crippen MR) is 118 cm³/mol. The van der Waals surface area contributed by atoms with Gasteiger partial charge in [-0.3, -0.25) is 10.1 Å². The molecular formula is C21H20Cl2N4O3. The summed E-state index contributed by atoms with van der Waals surface area (Å²) < 4.78 is 5.84. The molecule has 0 amide bonds. The molecule has 1 aromatic heterocycles. The van der Waals surface area contributed by atoms with Crippen LogP contribution < -0.4 is 10.1 Å². The number of aromatic nitrogens is 2. The Balaban J connectivity index is 1.61. The van der Waals surface area contributed by atoms with Crippen LogP contribution in [0.1, 0.15) is 23.7 Å². The molecule has 0 aliphatic carbocycles. The number of aryl methyl sites for hydroxylation is 2. The number of rotatable bonds is 8. The lowest BCUT2D eigenvalue weighted by Crippen LogP contribution is -2.08.